The molecule has 1 aromatic carbocycles. The average molecular weight is 1020 g/mol. The normalized spacial score (nSPS) is 20.1. The topological polar surface area (TPSA) is 256 Å². The molecule has 20 nitrogen and oxygen atoms in total. The van der Waals surface area contributed by atoms with E-state index in [2.05, 4.69) is 15.4 Å². The molecule has 7 amide bonds. The second-order valence-electron chi connectivity index (χ2n) is 20.6. The number of likely N-dealkylation sites (N-methyl/N-ethyl adjacent to an activating group) is 2. The van der Waals surface area contributed by atoms with Gasteiger partial charge >= 0.3 is 6.09 Å². The highest BCUT2D eigenvalue weighted by molar-refractivity contribution is 7.90. The van der Waals surface area contributed by atoms with Gasteiger partial charge in [0.25, 0.3) is 5.91 Å². The SMILES string of the molecule is CC[C@H](C)[C@@H]([C@@H](CC(=O)N1CCC[C@H]1[C@H](OC)[C@@H](C)C(=O)N[C@@H](Cc1ccc(OC(=O)N2CCC(C(N)=O)CC2)cc1)C(=O)NS(=O)(=O)C1CC1)OC)N(C)C(=O)[C@@H](NC(=O)C(C(C)C)N(C)C)C(C)C. The molecule has 3 fully saturated rings. The molecule has 2 heterocycles. The van der Waals surface area contributed by atoms with Crippen molar-refractivity contribution in [3.8, 4) is 5.75 Å². The monoisotopic (exact) mass is 1020 g/mol. The zero-order valence-electron chi connectivity index (χ0n) is 44.0. The largest absolute Gasteiger partial charge is 0.415 e. The van der Waals surface area contributed by atoms with E-state index in [4.69, 9.17) is 19.9 Å². The number of benzene rings is 1. The van der Waals surface area contributed by atoms with E-state index in [1.807, 2.05) is 60.5 Å². The summed E-state index contributed by atoms with van der Waals surface area (Å²) >= 11 is 0. The number of ether oxygens (including phenoxy) is 3. The van der Waals surface area contributed by atoms with Gasteiger partial charge in [-0.3, -0.25) is 38.4 Å². The lowest BCUT2D eigenvalue weighted by molar-refractivity contribution is -0.148. The molecule has 5 N–H and O–H groups in total. The van der Waals surface area contributed by atoms with Crippen LogP contribution in [-0.4, -0.2) is 172 Å². The van der Waals surface area contributed by atoms with Crippen LogP contribution in [0.25, 0.3) is 0 Å². The first kappa shape index (κ1) is 58.7. The van der Waals surface area contributed by atoms with Crippen molar-refractivity contribution in [3.05, 3.63) is 29.8 Å². The molecule has 2 aliphatic heterocycles. The zero-order chi connectivity index (χ0) is 53.1. The number of piperidine rings is 1. The lowest BCUT2D eigenvalue weighted by atomic mass is 9.89. The highest BCUT2D eigenvalue weighted by atomic mass is 32.2. The van der Waals surface area contributed by atoms with Gasteiger partial charge in [0, 0.05) is 53.2 Å². The molecule has 4 rings (SSSR count). The summed E-state index contributed by atoms with van der Waals surface area (Å²) in [5.74, 6) is -4.07. The van der Waals surface area contributed by atoms with Crippen molar-refractivity contribution >= 4 is 51.6 Å². The van der Waals surface area contributed by atoms with E-state index in [9.17, 15) is 42.0 Å². The number of primary amides is 1. The molecule has 400 valence electrons. The molecule has 1 aliphatic carbocycles. The number of nitrogens with one attached hydrogen (secondary N) is 3. The predicted octanol–water partition coefficient (Wildman–Crippen LogP) is 2.67. The molecule has 71 heavy (non-hydrogen) atoms. The fourth-order valence-corrected chi connectivity index (χ4v) is 11.4. The summed E-state index contributed by atoms with van der Waals surface area (Å²) in [6.45, 7) is 14.3. The van der Waals surface area contributed by atoms with Crippen LogP contribution >= 0.6 is 0 Å². The van der Waals surface area contributed by atoms with Gasteiger partial charge in [-0.1, -0.05) is 67.0 Å². The number of sulfonamides is 1. The molecule has 0 aromatic heterocycles. The van der Waals surface area contributed by atoms with Crippen LogP contribution in [0, 0.1) is 29.6 Å². The summed E-state index contributed by atoms with van der Waals surface area (Å²) < 4.78 is 45.6. The highest BCUT2D eigenvalue weighted by Crippen LogP contribution is 2.31. The van der Waals surface area contributed by atoms with Crippen molar-refractivity contribution in [3.63, 3.8) is 0 Å². The third-order valence-corrected chi connectivity index (χ3v) is 16.3. The molecule has 1 saturated carbocycles. The van der Waals surface area contributed by atoms with E-state index < -0.39 is 87.4 Å². The van der Waals surface area contributed by atoms with Gasteiger partial charge in [0.05, 0.1) is 47.9 Å². The number of nitrogens with two attached hydrogens (primary N) is 1. The van der Waals surface area contributed by atoms with E-state index >= 15 is 0 Å². The lowest BCUT2D eigenvalue weighted by Gasteiger charge is -2.41. The Kier molecular flexibility index (Phi) is 21.7. The summed E-state index contributed by atoms with van der Waals surface area (Å²) in [6.07, 6.45) is 1.15. The van der Waals surface area contributed by atoms with Crippen LogP contribution in [0.1, 0.15) is 105 Å². The maximum absolute atomic E-state index is 14.5. The van der Waals surface area contributed by atoms with Crippen molar-refractivity contribution in [1.82, 2.24) is 35.0 Å². The number of hydrogen-bond donors (Lipinski definition) is 4. The predicted molar refractivity (Wildman–Crippen MR) is 267 cm³/mol. The molecule has 9 atom stereocenters. The van der Waals surface area contributed by atoms with Gasteiger partial charge in [-0.05, 0) is 88.1 Å². The Labute approximate surface area is 421 Å². The molecular weight excluding hydrogens is 937 g/mol. The van der Waals surface area contributed by atoms with Crippen LogP contribution in [-0.2, 0) is 54.7 Å². The number of carbonyl (C=O) groups excluding carboxylic acids is 7. The minimum absolute atomic E-state index is 0.00196. The zero-order valence-corrected chi connectivity index (χ0v) is 44.8. The first-order valence-electron chi connectivity index (χ1n) is 25.2. The van der Waals surface area contributed by atoms with Crippen molar-refractivity contribution < 1.29 is 56.2 Å². The maximum Gasteiger partial charge on any atom is 0.415 e. The number of nitrogens with zero attached hydrogens (tertiary/aromatic N) is 4. The van der Waals surface area contributed by atoms with Crippen LogP contribution in [0.3, 0.4) is 0 Å². The van der Waals surface area contributed by atoms with Crippen molar-refractivity contribution in [2.75, 3.05) is 55.0 Å². The number of methoxy groups -OCH3 is 2. The highest BCUT2D eigenvalue weighted by Gasteiger charge is 2.44. The minimum atomic E-state index is -3.99. The Bertz CT molecular complexity index is 2100. The Morgan fingerprint density at radius 2 is 1.42 bits per heavy atom. The van der Waals surface area contributed by atoms with E-state index in [-0.39, 0.29) is 60.0 Å². The number of rotatable bonds is 25. The van der Waals surface area contributed by atoms with Gasteiger partial charge in [0.1, 0.15) is 17.8 Å². The third kappa shape index (κ3) is 15.6. The molecule has 3 aliphatic rings. The Morgan fingerprint density at radius 1 is 0.803 bits per heavy atom. The molecule has 0 spiro atoms. The maximum atomic E-state index is 14.5. The van der Waals surface area contributed by atoms with Crippen LogP contribution in [0.5, 0.6) is 5.75 Å². The molecule has 2 saturated heterocycles. The van der Waals surface area contributed by atoms with Gasteiger partial charge in [0.2, 0.25) is 39.6 Å². The summed E-state index contributed by atoms with van der Waals surface area (Å²) in [4.78, 5) is 101. The average Bonchev–Trinajstić information content (AvgIpc) is 4.08. The van der Waals surface area contributed by atoms with Crippen molar-refractivity contribution in [2.45, 2.75) is 154 Å². The summed E-state index contributed by atoms with van der Waals surface area (Å²) in [5.41, 5.74) is 5.95. The van der Waals surface area contributed by atoms with Gasteiger partial charge in [-0.2, -0.15) is 0 Å². The van der Waals surface area contributed by atoms with Crippen LogP contribution in [0.4, 0.5) is 4.79 Å². The fourth-order valence-electron chi connectivity index (χ4n) is 10.0. The smallest absolute Gasteiger partial charge is 0.410 e. The minimum Gasteiger partial charge on any atom is -0.410 e. The van der Waals surface area contributed by atoms with Gasteiger partial charge in [-0.15, -0.1) is 0 Å². The lowest BCUT2D eigenvalue weighted by Crippen LogP contribution is -2.59. The van der Waals surface area contributed by atoms with Gasteiger partial charge in [0.15, 0.2) is 0 Å². The van der Waals surface area contributed by atoms with E-state index in [0.717, 1.165) is 0 Å². The quantitative estimate of drug-likeness (QED) is 0.110. The summed E-state index contributed by atoms with van der Waals surface area (Å²) in [6, 6.07) is 2.56. The molecule has 0 bridgehead atoms. The second-order valence-corrected chi connectivity index (χ2v) is 22.6. The fraction of sp³-hybridized carbons (Fsp3) is 0.740. The van der Waals surface area contributed by atoms with Crippen molar-refractivity contribution in [1.29, 1.82) is 0 Å². The Hall–Kier alpha value is -4.86. The molecule has 21 heteroatoms. The number of amides is 7. The Morgan fingerprint density at radius 3 is 1.93 bits per heavy atom. The Balaban J connectivity index is 1.49. The number of hydrogen-bond acceptors (Lipinski definition) is 13. The van der Waals surface area contributed by atoms with Crippen LogP contribution in [0.15, 0.2) is 24.3 Å². The van der Waals surface area contributed by atoms with Crippen molar-refractivity contribution in [2.24, 2.45) is 35.3 Å². The summed E-state index contributed by atoms with van der Waals surface area (Å²) in [5, 5.41) is 5.08. The first-order valence-corrected chi connectivity index (χ1v) is 26.7. The van der Waals surface area contributed by atoms with E-state index in [0.29, 0.717) is 70.1 Å². The number of likely N-dealkylation sites (tertiary alicyclic amines) is 2. The van der Waals surface area contributed by atoms with Gasteiger partial charge in [-0.25, -0.2) is 13.2 Å². The van der Waals surface area contributed by atoms with E-state index in [1.165, 1.54) is 31.3 Å². The molecule has 1 aromatic rings. The standard InChI is InChI=1S/C50H82N8O12S/c1-13-31(6)43(56(10)49(64)41(29(2)3)53-48(63)42(30(4)5)55(8)9)39(68-11)28-40(59)58-24-14-15-38(58)44(69-12)32(7)46(61)52-37(47(62)54-71(66,67)36-20-21-36)27-33-16-18-35(19-17-33)70-50(65)57-25-22-34(23-26-57)45(51)60/h16-19,29-32,34,36-39,41-44H,13-15,20-28H2,1-12H3,(H2,51,60)(H,52,61)(H,53,63)(H,54,62)/t31-,32+,37-,38-,39+,41-,42?,43-,44+/m0/s1. The number of carbonyl (C=O) groups is 7. The first-order chi connectivity index (χ1) is 33.4. The molecule has 1 unspecified atom stereocenters. The molecule has 0 radical (unpaired) electrons. The van der Waals surface area contributed by atoms with Crippen LogP contribution in [0.2, 0.25) is 0 Å². The third-order valence-electron chi connectivity index (χ3n) is 14.5. The molecular formula is C50H82N8O12S. The van der Waals surface area contributed by atoms with Gasteiger partial charge < -0.3 is 45.3 Å². The van der Waals surface area contributed by atoms with E-state index in [1.54, 1.807) is 35.9 Å². The summed E-state index contributed by atoms with van der Waals surface area (Å²) in [7, 11) is 4.31. The second kappa shape index (κ2) is 26.2. The van der Waals surface area contributed by atoms with Crippen LogP contribution < -0.4 is 25.8 Å².